The van der Waals surface area contributed by atoms with Crippen LogP contribution in [-0.2, 0) is 4.74 Å². The fraction of sp³-hybridized carbons (Fsp3) is 0.636. The van der Waals surface area contributed by atoms with Crippen molar-refractivity contribution in [2.45, 2.75) is 12.8 Å². The zero-order valence-corrected chi connectivity index (χ0v) is 9.98. The van der Waals surface area contributed by atoms with Crippen LogP contribution in [0, 0.1) is 5.92 Å². The van der Waals surface area contributed by atoms with Crippen LogP contribution in [0.4, 0.5) is 11.5 Å². The number of anilines is 2. The highest BCUT2D eigenvalue weighted by molar-refractivity contribution is 5.66. The molecule has 0 bridgehead atoms. The number of aromatic nitrogens is 2. The first-order valence-electron chi connectivity index (χ1n) is 5.77. The number of ether oxygens (including phenoxy) is 2. The number of rotatable bonds is 4. The van der Waals surface area contributed by atoms with E-state index in [1.807, 2.05) is 0 Å². The fourth-order valence-corrected chi connectivity index (χ4v) is 1.89. The molecule has 1 atom stereocenters. The summed E-state index contributed by atoms with van der Waals surface area (Å²) in [5, 5.41) is 3.22. The standard InChI is InChI=1S/C11H18N4O2/c1-16-11-9(12)10(14-7-15-11)13-5-8-3-2-4-17-6-8/h7-8H,2-6,12H2,1H3,(H,13,14,15). The van der Waals surface area contributed by atoms with E-state index in [1.165, 1.54) is 19.9 Å². The minimum atomic E-state index is 0.405. The molecule has 1 unspecified atom stereocenters. The maximum atomic E-state index is 5.87. The van der Waals surface area contributed by atoms with Gasteiger partial charge in [0.2, 0.25) is 5.88 Å². The zero-order valence-electron chi connectivity index (χ0n) is 9.98. The van der Waals surface area contributed by atoms with E-state index in [9.17, 15) is 0 Å². The van der Waals surface area contributed by atoms with Gasteiger partial charge in [-0.05, 0) is 18.8 Å². The quantitative estimate of drug-likeness (QED) is 0.811. The first-order valence-corrected chi connectivity index (χ1v) is 5.77. The second-order valence-electron chi connectivity index (χ2n) is 4.11. The maximum Gasteiger partial charge on any atom is 0.242 e. The van der Waals surface area contributed by atoms with Crippen molar-refractivity contribution in [3.05, 3.63) is 6.33 Å². The van der Waals surface area contributed by atoms with Gasteiger partial charge in [0, 0.05) is 13.2 Å². The predicted molar refractivity (Wildman–Crippen MR) is 65.0 cm³/mol. The van der Waals surface area contributed by atoms with Crippen molar-refractivity contribution in [1.82, 2.24) is 9.97 Å². The van der Waals surface area contributed by atoms with Gasteiger partial charge in [-0.2, -0.15) is 4.98 Å². The second kappa shape index (κ2) is 5.67. The number of nitrogens with two attached hydrogens (primary N) is 1. The molecule has 1 aliphatic heterocycles. The van der Waals surface area contributed by atoms with Crippen molar-refractivity contribution in [3.63, 3.8) is 0 Å². The molecule has 3 N–H and O–H groups in total. The van der Waals surface area contributed by atoms with E-state index in [-0.39, 0.29) is 0 Å². The Morgan fingerprint density at radius 2 is 2.47 bits per heavy atom. The second-order valence-corrected chi connectivity index (χ2v) is 4.11. The molecule has 2 heterocycles. The third-order valence-corrected chi connectivity index (χ3v) is 2.85. The average molecular weight is 238 g/mol. The average Bonchev–Trinajstić information content (AvgIpc) is 2.39. The summed E-state index contributed by atoms with van der Waals surface area (Å²) >= 11 is 0. The lowest BCUT2D eigenvalue weighted by Gasteiger charge is -2.22. The Hall–Kier alpha value is -1.56. The van der Waals surface area contributed by atoms with Gasteiger partial charge in [0.1, 0.15) is 12.0 Å². The van der Waals surface area contributed by atoms with Gasteiger partial charge in [-0.3, -0.25) is 0 Å². The molecule has 1 aromatic rings. The van der Waals surface area contributed by atoms with Crippen molar-refractivity contribution in [2.75, 3.05) is 37.9 Å². The molecule has 0 amide bonds. The van der Waals surface area contributed by atoms with Gasteiger partial charge in [-0.15, -0.1) is 0 Å². The molecule has 1 aromatic heterocycles. The molecule has 1 aliphatic rings. The molecule has 6 nitrogen and oxygen atoms in total. The van der Waals surface area contributed by atoms with E-state index >= 15 is 0 Å². The summed E-state index contributed by atoms with van der Waals surface area (Å²) in [7, 11) is 1.54. The molecule has 0 spiro atoms. The van der Waals surface area contributed by atoms with Crippen molar-refractivity contribution in [2.24, 2.45) is 5.92 Å². The highest BCUT2D eigenvalue weighted by Gasteiger charge is 2.15. The first kappa shape index (κ1) is 11.9. The highest BCUT2D eigenvalue weighted by Crippen LogP contribution is 2.24. The lowest BCUT2D eigenvalue weighted by Crippen LogP contribution is -2.25. The molecule has 0 aliphatic carbocycles. The monoisotopic (exact) mass is 238 g/mol. The minimum Gasteiger partial charge on any atom is -0.479 e. The van der Waals surface area contributed by atoms with Gasteiger partial charge >= 0.3 is 0 Å². The Labute approximate surface area is 101 Å². The van der Waals surface area contributed by atoms with Crippen molar-refractivity contribution >= 4 is 11.5 Å². The Morgan fingerprint density at radius 3 is 3.18 bits per heavy atom. The summed E-state index contributed by atoms with van der Waals surface area (Å²) in [5.74, 6) is 1.55. The van der Waals surface area contributed by atoms with Crippen LogP contribution in [-0.4, -0.2) is 36.8 Å². The van der Waals surface area contributed by atoms with Crippen LogP contribution in [0.2, 0.25) is 0 Å². The Bertz CT molecular complexity index is 366. The molecule has 0 aromatic carbocycles. The maximum absolute atomic E-state index is 5.87. The smallest absolute Gasteiger partial charge is 0.242 e. The molecule has 0 saturated carbocycles. The summed E-state index contributed by atoms with van der Waals surface area (Å²) in [6.45, 7) is 2.49. The molecule has 0 radical (unpaired) electrons. The van der Waals surface area contributed by atoms with E-state index in [2.05, 4.69) is 15.3 Å². The first-order chi connectivity index (χ1) is 8.31. The van der Waals surface area contributed by atoms with Crippen molar-refractivity contribution in [1.29, 1.82) is 0 Å². The van der Waals surface area contributed by atoms with E-state index in [1.54, 1.807) is 0 Å². The molecule has 2 rings (SSSR count). The van der Waals surface area contributed by atoms with E-state index in [0.717, 1.165) is 26.2 Å². The van der Waals surface area contributed by atoms with Crippen LogP contribution in [0.5, 0.6) is 5.88 Å². The van der Waals surface area contributed by atoms with E-state index in [0.29, 0.717) is 23.3 Å². The largest absolute Gasteiger partial charge is 0.479 e. The molecular formula is C11H18N4O2. The number of hydrogen-bond acceptors (Lipinski definition) is 6. The third-order valence-electron chi connectivity index (χ3n) is 2.85. The Balaban J connectivity index is 1.93. The van der Waals surface area contributed by atoms with E-state index in [4.69, 9.17) is 15.2 Å². The lowest BCUT2D eigenvalue weighted by atomic mass is 10.0. The zero-order chi connectivity index (χ0) is 12.1. The van der Waals surface area contributed by atoms with Crippen LogP contribution in [0.3, 0.4) is 0 Å². The molecule has 6 heteroatoms. The van der Waals surface area contributed by atoms with Crippen LogP contribution in [0.1, 0.15) is 12.8 Å². The Kier molecular flexibility index (Phi) is 3.98. The predicted octanol–water partition coefficient (Wildman–Crippen LogP) is 0.906. The summed E-state index contributed by atoms with van der Waals surface area (Å²) in [6.07, 6.45) is 3.74. The topological polar surface area (TPSA) is 82.3 Å². The van der Waals surface area contributed by atoms with Gasteiger partial charge in [-0.25, -0.2) is 4.98 Å². The number of nitrogens with one attached hydrogen (secondary N) is 1. The van der Waals surface area contributed by atoms with Crippen molar-refractivity contribution in [3.8, 4) is 5.88 Å². The lowest BCUT2D eigenvalue weighted by molar-refractivity contribution is 0.0595. The number of nitrogens with zero attached hydrogens (tertiary/aromatic N) is 2. The van der Waals surface area contributed by atoms with Gasteiger partial charge in [0.05, 0.1) is 13.7 Å². The number of hydrogen-bond donors (Lipinski definition) is 2. The molecular weight excluding hydrogens is 220 g/mol. The SMILES string of the molecule is COc1ncnc(NCC2CCCOC2)c1N. The van der Waals surface area contributed by atoms with Crippen LogP contribution in [0.15, 0.2) is 6.33 Å². The Morgan fingerprint density at radius 1 is 1.59 bits per heavy atom. The van der Waals surface area contributed by atoms with Gasteiger partial charge < -0.3 is 20.5 Å². The molecule has 94 valence electrons. The molecule has 1 saturated heterocycles. The summed E-state index contributed by atoms with van der Waals surface area (Å²) in [5.41, 5.74) is 6.32. The summed E-state index contributed by atoms with van der Waals surface area (Å²) in [4.78, 5) is 8.03. The van der Waals surface area contributed by atoms with Gasteiger partial charge in [0.15, 0.2) is 5.82 Å². The highest BCUT2D eigenvalue weighted by atomic mass is 16.5. The summed E-state index contributed by atoms with van der Waals surface area (Å²) < 4.78 is 10.5. The van der Waals surface area contributed by atoms with Crippen LogP contribution >= 0.6 is 0 Å². The minimum absolute atomic E-state index is 0.405. The summed E-state index contributed by atoms with van der Waals surface area (Å²) in [6, 6.07) is 0. The number of nitrogen functional groups attached to an aromatic ring is 1. The van der Waals surface area contributed by atoms with E-state index < -0.39 is 0 Å². The normalized spacial score (nSPS) is 19.9. The van der Waals surface area contributed by atoms with Crippen LogP contribution in [0.25, 0.3) is 0 Å². The van der Waals surface area contributed by atoms with Gasteiger partial charge in [-0.1, -0.05) is 0 Å². The fourth-order valence-electron chi connectivity index (χ4n) is 1.89. The van der Waals surface area contributed by atoms with Crippen LogP contribution < -0.4 is 15.8 Å². The number of methoxy groups -OCH3 is 1. The third kappa shape index (κ3) is 2.97. The van der Waals surface area contributed by atoms with Gasteiger partial charge in [0.25, 0.3) is 0 Å². The molecule has 1 fully saturated rings. The van der Waals surface area contributed by atoms with Crippen molar-refractivity contribution < 1.29 is 9.47 Å². The molecule has 17 heavy (non-hydrogen) atoms.